The Labute approximate surface area is 134 Å². The van der Waals surface area contributed by atoms with Crippen LogP contribution in [0.4, 0.5) is 5.69 Å². The van der Waals surface area contributed by atoms with Crippen molar-refractivity contribution in [3.63, 3.8) is 0 Å². The van der Waals surface area contributed by atoms with Gasteiger partial charge in [-0.05, 0) is 49.1 Å². The maximum Gasteiger partial charge on any atom is 0.0964 e. The van der Waals surface area contributed by atoms with Crippen LogP contribution < -0.4 is 4.90 Å². The van der Waals surface area contributed by atoms with Crippen LogP contribution in [0.5, 0.6) is 0 Å². The van der Waals surface area contributed by atoms with Gasteiger partial charge in [0.25, 0.3) is 0 Å². The monoisotopic (exact) mass is 297 g/mol. The summed E-state index contributed by atoms with van der Waals surface area (Å²) in [6, 6.07) is 16.8. The van der Waals surface area contributed by atoms with Gasteiger partial charge in [-0.15, -0.1) is 0 Å². The maximum atomic E-state index is 10.5. The van der Waals surface area contributed by atoms with Crippen LogP contribution in [0.2, 0.25) is 0 Å². The first-order valence-corrected chi connectivity index (χ1v) is 8.22. The minimum atomic E-state index is -0.462. The molecule has 0 aliphatic heterocycles. The summed E-state index contributed by atoms with van der Waals surface area (Å²) in [5.74, 6) is 0. The lowest BCUT2D eigenvalue weighted by Gasteiger charge is -2.26. The molecule has 0 aliphatic carbocycles. The van der Waals surface area contributed by atoms with Gasteiger partial charge in [-0.25, -0.2) is 0 Å². The average molecular weight is 297 g/mol. The van der Waals surface area contributed by atoms with Crippen LogP contribution in [0, 0.1) is 6.92 Å². The maximum absolute atomic E-state index is 10.5. The molecule has 0 aromatic heterocycles. The third-order valence-corrected chi connectivity index (χ3v) is 4.05. The lowest BCUT2D eigenvalue weighted by Crippen LogP contribution is -2.28. The van der Waals surface area contributed by atoms with Crippen molar-refractivity contribution in [2.45, 2.75) is 39.7 Å². The number of aliphatic hydroxyl groups excluding tert-OH is 1. The van der Waals surface area contributed by atoms with Crippen LogP contribution in [0.1, 0.15) is 43.1 Å². The average Bonchev–Trinajstić information content (AvgIpc) is 2.53. The van der Waals surface area contributed by atoms with Gasteiger partial charge in [0, 0.05) is 18.8 Å². The first kappa shape index (κ1) is 16.6. The van der Waals surface area contributed by atoms with Gasteiger partial charge < -0.3 is 10.0 Å². The van der Waals surface area contributed by atoms with Crippen LogP contribution in [0.25, 0.3) is 0 Å². The summed E-state index contributed by atoms with van der Waals surface area (Å²) >= 11 is 0. The molecule has 2 aromatic rings. The zero-order valence-corrected chi connectivity index (χ0v) is 13.9. The van der Waals surface area contributed by atoms with Crippen molar-refractivity contribution < 1.29 is 5.11 Å². The molecule has 0 spiro atoms. The SMILES string of the molecule is CCCc1ccc(C(O)CN(CC)c2cccc(C)c2)cc1. The number of likely N-dealkylation sites (N-methyl/N-ethyl adjacent to an activating group) is 1. The van der Waals surface area contributed by atoms with Crippen molar-refractivity contribution in [3.05, 3.63) is 65.2 Å². The fourth-order valence-corrected chi connectivity index (χ4v) is 2.75. The van der Waals surface area contributed by atoms with E-state index in [1.807, 2.05) is 0 Å². The molecule has 1 N–H and O–H groups in total. The third kappa shape index (κ3) is 4.35. The molecule has 1 atom stereocenters. The molecular formula is C20H27NO. The van der Waals surface area contributed by atoms with Gasteiger partial charge in [-0.2, -0.15) is 0 Å². The van der Waals surface area contributed by atoms with Crippen molar-refractivity contribution >= 4 is 5.69 Å². The third-order valence-electron chi connectivity index (χ3n) is 4.05. The van der Waals surface area contributed by atoms with Crippen molar-refractivity contribution in [1.82, 2.24) is 0 Å². The predicted octanol–water partition coefficient (Wildman–Crippen LogP) is 4.51. The van der Waals surface area contributed by atoms with Crippen molar-refractivity contribution in [1.29, 1.82) is 0 Å². The summed E-state index contributed by atoms with van der Waals surface area (Å²) in [4.78, 5) is 2.22. The molecule has 0 amide bonds. The highest BCUT2D eigenvalue weighted by Gasteiger charge is 2.13. The Hall–Kier alpha value is -1.80. The number of hydrogen-bond acceptors (Lipinski definition) is 2. The minimum Gasteiger partial charge on any atom is -0.387 e. The number of rotatable bonds is 7. The van der Waals surface area contributed by atoms with Crippen LogP contribution >= 0.6 is 0 Å². The van der Waals surface area contributed by atoms with Crippen molar-refractivity contribution in [3.8, 4) is 0 Å². The second-order valence-electron chi connectivity index (χ2n) is 5.89. The first-order valence-electron chi connectivity index (χ1n) is 8.22. The van der Waals surface area contributed by atoms with Crippen LogP contribution in [0.3, 0.4) is 0 Å². The normalized spacial score (nSPS) is 12.2. The van der Waals surface area contributed by atoms with E-state index in [4.69, 9.17) is 0 Å². The lowest BCUT2D eigenvalue weighted by atomic mass is 10.0. The number of anilines is 1. The molecule has 0 bridgehead atoms. The topological polar surface area (TPSA) is 23.5 Å². The highest BCUT2D eigenvalue weighted by atomic mass is 16.3. The highest BCUT2D eigenvalue weighted by molar-refractivity contribution is 5.48. The van der Waals surface area contributed by atoms with Crippen molar-refractivity contribution in [2.75, 3.05) is 18.0 Å². The van der Waals surface area contributed by atoms with Gasteiger partial charge >= 0.3 is 0 Å². The molecular weight excluding hydrogens is 270 g/mol. The summed E-state index contributed by atoms with van der Waals surface area (Å²) in [5, 5.41) is 10.5. The number of benzene rings is 2. The number of hydrogen-bond donors (Lipinski definition) is 1. The fourth-order valence-electron chi connectivity index (χ4n) is 2.75. The van der Waals surface area contributed by atoms with Gasteiger partial charge in [0.05, 0.1) is 6.10 Å². The van der Waals surface area contributed by atoms with E-state index in [0.29, 0.717) is 6.54 Å². The minimum absolute atomic E-state index is 0.462. The summed E-state index contributed by atoms with van der Waals surface area (Å²) in [5.41, 5.74) is 4.74. The molecule has 0 fully saturated rings. The van der Waals surface area contributed by atoms with Crippen LogP contribution in [0.15, 0.2) is 48.5 Å². The zero-order valence-electron chi connectivity index (χ0n) is 13.9. The second-order valence-corrected chi connectivity index (χ2v) is 5.89. The largest absolute Gasteiger partial charge is 0.387 e. The molecule has 118 valence electrons. The highest BCUT2D eigenvalue weighted by Crippen LogP contribution is 2.21. The molecule has 2 rings (SSSR count). The summed E-state index contributed by atoms with van der Waals surface area (Å²) in [6.07, 6.45) is 1.79. The Kier molecular flexibility index (Phi) is 6.02. The molecule has 2 nitrogen and oxygen atoms in total. The molecule has 0 saturated heterocycles. The Bertz CT molecular complexity index is 577. The standard InChI is InChI=1S/C20H27NO/c1-4-7-17-10-12-18(13-11-17)20(22)15-21(5-2)19-9-6-8-16(3)14-19/h6,8-14,20,22H,4-5,7,15H2,1-3H3. The Morgan fingerprint density at radius 3 is 2.36 bits per heavy atom. The Balaban J connectivity index is 2.07. The molecule has 0 radical (unpaired) electrons. The van der Waals surface area contributed by atoms with Gasteiger partial charge in [0.15, 0.2) is 0 Å². The number of nitrogens with zero attached hydrogens (tertiary/aromatic N) is 1. The van der Waals surface area contributed by atoms with Gasteiger partial charge in [0.1, 0.15) is 0 Å². The summed E-state index contributed by atoms with van der Waals surface area (Å²) < 4.78 is 0. The zero-order chi connectivity index (χ0) is 15.9. The quantitative estimate of drug-likeness (QED) is 0.813. The summed E-state index contributed by atoms with van der Waals surface area (Å²) in [7, 11) is 0. The van der Waals surface area contributed by atoms with E-state index in [2.05, 4.69) is 74.2 Å². The number of aryl methyl sites for hydroxylation is 2. The summed E-state index contributed by atoms with van der Waals surface area (Å²) in [6.45, 7) is 7.91. The van der Waals surface area contributed by atoms with E-state index in [9.17, 15) is 5.11 Å². The van der Waals surface area contributed by atoms with Crippen LogP contribution in [-0.2, 0) is 6.42 Å². The van der Waals surface area contributed by atoms with Gasteiger partial charge in [-0.3, -0.25) is 0 Å². The molecule has 2 heteroatoms. The smallest absolute Gasteiger partial charge is 0.0964 e. The predicted molar refractivity (Wildman–Crippen MR) is 94.5 cm³/mol. The van der Waals surface area contributed by atoms with Gasteiger partial charge in [0.2, 0.25) is 0 Å². The lowest BCUT2D eigenvalue weighted by molar-refractivity contribution is 0.183. The molecule has 22 heavy (non-hydrogen) atoms. The molecule has 2 aromatic carbocycles. The van der Waals surface area contributed by atoms with E-state index in [1.165, 1.54) is 16.8 Å². The van der Waals surface area contributed by atoms with E-state index < -0.39 is 6.10 Å². The number of aliphatic hydroxyl groups is 1. The van der Waals surface area contributed by atoms with E-state index in [-0.39, 0.29) is 0 Å². The van der Waals surface area contributed by atoms with Gasteiger partial charge in [-0.1, -0.05) is 49.7 Å². The van der Waals surface area contributed by atoms with E-state index >= 15 is 0 Å². The second kappa shape index (κ2) is 8.00. The van der Waals surface area contributed by atoms with E-state index in [1.54, 1.807) is 0 Å². The Morgan fingerprint density at radius 1 is 1.05 bits per heavy atom. The fraction of sp³-hybridized carbons (Fsp3) is 0.400. The first-order chi connectivity index (χ1) is 10.6. The van der Waals surface area contributed by atoms with E-state index in [0.717, 1.165) is 24.9 Å². The molecule has 0 heterocycles. The Morgan fingerprint density at radius 2 is 1.77 bits per heavy atom. The van der Waals surface area contributed by atoms with Crippen molar-refractivity contribution in [2.24, 2.45) is 0 Å². The van der Waals surface area contributed by atoms with Crippen LogP contribution in [-0.4, -0.2) is 18.2 Å². The molecule has 0 aliphatic rings. The molecule has 0 saturated carbocycles. The molecule has 1 unspecified atom stereocenters.